The Bertz CT molecular complexity index is 1110. The summed E-state index contributed by atoms with van der Waals surface area (Å²) >= 11 is 6.44. The predicted octanol–water partition coefficient (Wildman–Crippen LogP) is 4.11. The number of nitrogens with one attached hydrogen (secondary N) is 1. The molecule has 1 atom stereocenters. The van der Waals surface area contributed by atoms with E-state index in [4.69, 9.17) is 23.1 Å². The van der Waals surface area contributed by atoms with Crippen LogP contribution in [0.2, 0.25) is 5.15 Å². The fourth-order valence-electron chi connectivity index (χ4n) is 3.15. The molecule has 0 saturated heterocycles. The lowest BCUT2D eigenvalue weighted by atomic mass is 9.97. The maximum atomic E-state index is 12.7. The highest BCUT2D eigenvalue weighted by Crippen LogP contribution is 2.36. The monoisotopic (exact) mass is 495 g/mol. The van der Waals surface area contributed by atoms with E-state index in [0.717, 1.165) is 12.1 Å². The van der Waals surface area contributed by atoms with Crippen LogP contribution in [-0.4, -0.2) is 30.8 Å². The van der Waals surface area contributed by atoms with E-state index in [2.05, 4.69) is 10.3 Å². The van der Waals surface area contributed by atoms with Gasteiger partial charge in [-0.05, 0) is 49.5 Å². The number of halogens is 4. The Morgan fingerprint density at radius 1 is 1.29 bits per heavy atom. The van der Waals surface area contributed by atoms with Crippen LogP contribution in [0.25, 0.3) is 5.57 Å². The minimum absolute atomic E-state index is 0.0964. The van der Waals surface area contributed by atoms with Crippen LogP contribution in [0.4, 0.5) is 24.5 Å². The number of benzene rings is 1. The molecule has 7 nitrogen and oxygen atoms in total. The van der Waals surface area contributed by atoms with Gasteiger partial charge in [0.15, 0.2) is 0 Å². The molecule has 0 aliphatic carbocycles. The number of hydrogen-bond acceptors (Lipinski definition) is 6. The van der Waals surface area contributed by atoms with Gasteiger partial charge < -0.3 is 26.5 Å². The highest BCUT2D eigenvalue weighted by molar-refractivity contribution is 6.32. The van der Waals surface area contributed by atoms with Crippen LogP contribution in [0.3, 0.4) is 0 Å². The number of carbonyl (C=O) groups is 2. The minimum atomic E-state index is -4.47. The van der Waals surface area contributed by atoms with Crippen molar-refractivity contribution in [3.63, 3.8) is 0 Å². The molecule has 5 N–H and O–H groups in total. The van der Waals surface area contributed by atoms with Crippen molar-refractivity contribution in [2.24, 2.45) is 17.4 Å². The van der Waals surface area contributed by atoms with E-state index in [1.165, 1.54) is 24.4 Å². The van der Waals surface area contributed by atoms with Crippen molar-refractivity contribution in [1.82, 2.24) is 4.98 Å². The molecule has 182 valence electrons. The Balaban J connectivity index is 2.38. The fraction of sp³-hybridized carbons (Fsp3) is 0.261. The highest BCUT2D eigenvalue weighted by atomic mass is 35.5. The second-order valence-electron chi connectivity index (χ2n) is 7.58. The summed E-state index contributed by atoms with van der Waals surface area (Å²) in [6.07, 6.45) is -1.05. The summed E-state index contributed by atoms with van der Waals surface area (Å²) in [5, 5.41) is 2.66. The number of hydrogen-bond donors (Lipinski definition) is 3. The molecule has 1 heterocycles. The molecule has 1 amide bonds. The third kappa shape index (κ3) is 6.50. The van der Waals surface area contributed by atoms with E-state index in [1.807, 2.05) is 0 Å². The predicted molar refractivity (Wildman–Crippen MR) is 127 cm³/mol. The molecular formula is C23H25ClF3N5O2. The molecule has 1 aromatic heterocycles. The van der Waals surface area contributed by atoms with E-state index < -0.39 is 23.6 Å². The van der Waals surface area contributed by atoms with Gasteiger partial charge in [-0.3, -0.25) is 4.79 Å². The van der Waals surface area contributed by atoms with Gasteiger partial charge in [-0.25, -0.2) is 4.98 Å². The molecule has 0 aliphatic heterocycles. The van der Waals surface area contributed by atoms with Gasteiger partial charge in [0.2, 0.25) is 5.91 Å². The largest absolute Gasteiger partial charge is 0.416 e. The topological polar surface area (TPSA) is 114 Å². The zero-order valence-electron chi connectivity index (χ0n) is 18.8. The summed E-state index contributed by atoms with van der Waals surface area (Å²) in [5.41, 5.74) is 13.2. The second-order valence-corrected chi connectivity index (χ2v) is 7.94. The maximum Gasteiger partial charge on any atom is 0.416 e. The summed E-state index contributed by atoms with van der Waals surface area (Å²) < 4.78 is 38.2. The molecule has 1 aromatic carbocycles. The molecule has 0 aliphatic rings. The molecule has 11 heteroatoms. The van der Waals surface area contributed by atoms with Crippen molar-refractivity contribution in [2.45, 2.75) is 20.0 Å². The molecule has 0 saturated carbocycles. The molecule has 2 aromatic rings. The average molecular weight is 496 g/mol. The van der Waals surface area contributed by atoms with E-state index in [-0.39, 0.29) is 23.1 Å². The third-order valence-electron chi connectivity index (χ3n) is 4.91. The standard InChI is InChI=1S/C23H25ClF3N5O2/c1-13(12-33)21(29)17(8-9-28)20-18(10-14(2)30-22(20)24)32(3)11-19(34)31-16-6-4-15(5-7-16)23(25,26)27/h4-10,12-13H,11,28-29H2,1-3H3,(H,31,34)/b9-8-,21-17+. The first-order valence-corrected chi connectivity index (χ1v) is 10.5. The number of aromatic nitrogens is 1. The minimum Gasteiger partial charge on any atom is -0.405 e. The third-order valence-corrected chi connectivity index (χ3v) is 5.18. The number of alkyl halides is 3. The van der Waals surface area contributed by atoms with Gasteiger partial charge in [-0.15, -0.1) is 0 Å². The first-order valence-electron chi connectivity index (χ1n) is 10.1. The Kier molecular flexibility index (Phi) is 8.69. The number of likely N-dealkylation sites (N-methyl/N-ethyl adjacent to an activating group) is 1. The molecule has 2 rings (SSSR count). The quantitative estimate of drug-likeness (QED) is 0.288. The fourth-order valence-corrected chi connectivity index (χ4v) is 3.48. The lowest BCUT2D eigenvalue weighted by Gasteiger charge is -2.25. The Morgan fingerprint density at radius 2 is 1.91 bits per heavy atom. The maximum absolute atomic E-state index is 12.7. The smallest absolute Gasteiger partial charge is 0.405 e. The van der Waals surface area contributed by atoms with Crippen molar-refractivity contribution in [1.29, 1.82) is 0 Å². The normalized spacial score (nSPS) is 13.4. The number of rotatable bonds is 8. The summed E-state index contributed by atoms with van der Waals surface area (Å²) in [6.45, 7) is 3.16. The van der Waals surface area contributed by atoms with Crippen LogP contribution in [0.15, 0.2) is 48.3 Å². The molecule has 0 spiro atoms. The van der Waals surface area contributed by atoms with E-state index in [9.17, 15) is 22.8 Å². The Labute approximate surface area is 200 Å². The summed E-state index contributed by atoms with van der Waals surface area (Å²) in [6, 6.07) is 5.81. The van der Waals surface area contributed by atoms with Crippen LogP contribution >= 0.6 is 11.6 Å². The molecular weight excluding hydrogens is 471 g/mol. The van der Waals surface area contributed by atoms with Crippen molar-refractivity contribution < 1.29 is 22.8 Å². The van der Waals surface area contributed by atoms with Crippen molar-refractivity contribution in [3.8, 4) is 0 Å². The van der Waals surface area contributed by atoms with Gasteiger partial charge in [-0.1, -0.05) is 18.5 Å². The first kappa shape index (κ1) is 26.7. The van der Waals surface area contributed by atoms with Crippen molar-refractivity contribution in [2.75, 3.05) is 23.8 Å². The summed E-state index contributed by atoms with van der Waals surface area (Å²) in [7, 11) is 1.63. The second kappa shape index (κ2) is 11.1. The van der Waals surface area contributed by atoms with Gasteiger partial charge in [-0.2, -0.15) is 13.2 Å². The molecule has 34 heavy (non-hydrogen) atoms. The number of aryl methyl sites for hydroxylation is 1. The van der Waals surface area contributed by atoms with Crippen molar-refractivity contribution in [3.05, 3.63) is 70.3 Å². The number of nitrogens with zero attached hydrogens (tertiary/aromatic N) is 2. The molecule has 0 bridgehead atoms. The van der Waals surface area contributed by atoms with E-state index in [0.29, 0.717) is 28.8 Å². The number of allylic oxidation sites excluding steroid dienone is 3. The summed E-state index contributed by atoms with van der Waals surface area (Å²) in [5.74, 6) is -1.11. The average Bonchev–Trinajstić information content (AvgIpc) is 2.76. The number of anilines is 2. The molecule has 1 unspecified atom stereocenters. The number of amides is 1. The van der Waals surface area contributed by atoms with Gasteiger partial charge in [0.1, 0.15) is 11.4 Å². The van der Waals surface area contributed by atoms with Crippen LogP contribution in [-0.2, 0) is 15.8 Å². The molecule has 0 radical (unpaired) electrons. The lowest BCUT2D eigenvalue weighted by molar-refractivity contribution is -0.137. The highest BCUT2D eigenvalue weighted by Gasteiger charge is 2.30. The van der Waals surface area contributed by atoms with Crippen LogP contribution in [0.5, 0.6) is 0 Å². The van der Waals surface area contributed by atoms with Crippen molar-refractivity contribution >= 4 is 40.7 Å². The Hall–Kier alpha value is -3.53. The first-order chi connectivity index (χ1) is 15.9. The number of carbonyl (C=O) groups excluding carboxylic acids is 2. The number of aldehydes is 1. The van der Waals surface area contributed by atoms with Gasteiger partial charge in [0, 0.05) is 40.9 Å². The number of pyridine rings is 1. The van der Waals surface area contributed by atoms with E-state index >= 15 is 0 Å². The molecule has 0 fully saturated rings. The van der Waals surface area contributed by atoms with Crippen LogP contribution in [0, 0.1) is 12.8 Å². The zero-order chi connectivity index (χ0) is 25.6. The Morgan fingerprint density at radius 3 is 2.44 bits per heavy atom. The summed E-state index contributed by atoms with van der Waals surface area (Å²) in [4.78, 5) is 29.7. The van der Waals surface area contributed by atoms with Gasteiger partial charge in [0.05, 0.1) is 18.0 Å². The van der Waals surface area contributed by atoms with Gasteiger partial charge >= 0.3 is 6.18 Å². The number of nitrogens with two attached hydrogens (primary N) is 2. The van der Waals surface area contributed by atoms with Gasteiger partial charge in [0.25, 0.3) is 0 Å². The van der Waals surface area contributed by atoms with E-state index in [1.54, 1.807) is 31.9 Å². The van der Waals surface area contributed by atoms with Crippen LogP contribution < -0.4 is 21.7 Å². The zero-order valence-corrected chi connectivity index (χ0v) is 19.5. The lowest BCUT2D eigenvalue weighted by Crippen LogP contribution is -2.31. The SMILES string of the molecule is Cc1cc(N(C)CC(=O)Nc2ccc(C(F)(F)F)cc2)c(C(/C=C\N)=C(/N)C(C)C=O)c(Cl)n1. The van der Waals surface area contributed by atoms with Crippen LogP contribution in [0.1, 0.15) is 23.7 Å².